The molecule has 0 bridgehead atoms. The quantitative estimate of drug-likeness (QED) is 0.610. The Labute approximate surface area is 160 Å². The van der Waals surface area contributed by atoms with E-state index in [-0.39, 0.29) is 18.5 Å². The van der Waals surface area contributed by atoms with E-state index in [0.29, 0.717) is 52.4 Å². The monoisotopic (exact) mass is 378 g/mol. The van der Waals surface area contributed by atoms with Crippen LogP contribution in [0.15, 0.2) is 30.3 Å². The molecule has 1 heterocycles. The number of aliphatic carboxylic acids is 1. The van der Waals surface area contributed by atoms with E-state index in [1.165, 1.54) is 0 Å². The van der Waals surface area contributed by atoms with Crippen LogP contribution in [0.3, 0.4) is 0 Å². The molecule has 150 valence electrons. The molecule has 1 saturated heterocycles. The number of carboxylic acid groups (broad SMARTS) is 1. The minimum absolute atomic E-state index is 0.195. The van der Waals surface area contributed by atoms with E-state index in [0.717, 1.165) is 5.56 Å². The molecule has 1 aliphatic heterocycles. The molecule has 1 aromatic rings. The first-order valence-corrected chi connectivity index (χ1v) is 9.51. The van der Waals surface area contributed by atoms with Gasteiger partial charge in [-0.3, -0.25) is 4.79 Å². The van der Waals surface area contributed by atoms with Gasteiger partial charge >= 0.3 is 12.0 Å². The lowest BCUT2D eigenvalue weighted by molar-refractivity contribution is -0.143. The van der Waals surface area contributed by atoms with Gasteiger partial charge in [-0.05, 0) is 24.3 Å². The number of ether oxygens (including phenoxy) is 2. The van der Waals surface area contributed by atoms with Gasteiger partial charge in [0, 0.05) is 26.2 Å². The number of benzene rings is 1. The fourth-order valence-corrected chi connectivity index (χ4v) is 3.16. The van der Waals surface area contributed by atoms with Crippen LogP contribution in [0, 0.1) is 11.8 Å². The largest absolute Gasteiger partial charge is 0.481 e. The van der Waals surface area contributed by atoms with E-state index in [4.69, 9.17) is 14.6 Å². The molecule has 2 rings (SSSR count). The van der Waals surface area contributed by atoms with Gasteiger partial charge in [-0.2, -0.15) is 0 Å². The third-order valence-corrected chi connectivity index (χ3v) is 4.52. The Morgan fingerprint density at radius 2 is 1.89 bits per heavy atom. The first kappa shape index (κ1) is 21.2. The van der Waals surface area contributed by atoms with E-state index >= 15 is 0 Å². The number of piperidine rings is 1. The number of amides is 2. The van der Waals surface area contributed by atoms with Crippen molar-refractivity contribution >= 4 is 12.0 Å². The Kier molecular flexibility index (Phi) is 9.07. The fraction of sp³-hybridized carbons (Fsp3) is 0.600. The zero-order valence-electron chi connectivity index (χ0n) is 15.9. The smallest absolute Gasteiger partial charge is 0.317 e. The fourth-order valence-electron chi connectivity index (χ4n) is 3.16. The van der Waals surface area contributed by atoms with Gasteiger partial charge in [0.25, 0.3) is 0 Å². The van der Waals surface area contributed by atoms with Crippen molar-refractivity contribution in [2.75, 3.05) is 39.5 Å². The summed E-state index contributed by atoms with van der Waals surface area (Å²) in [4.78, 5) is 25.0. The van der Waals surface area contributed by atoms with E-state index in [1.807, 2.05) is 37.3 Å². The summed E-state index contributed by atoms with van der Waals surface area (Å²) >= 11 is 0. The maximum absolute atomic E-state index is 12.2. The highest BCUT2D eigenvalue weighted by Crippen LogP contribution is 2.21. The van der Waals surface area contributed by atoms with Crippen molar-refractivity contribution in [2.24, 2.45) is 11.8 Å². The Morgan fingerprint density at radius 3 is 2.63 bits per heavy atom. The average molecular weight is 378 g/mol. The van der Waals surface area contributed by atoms with Crippen molar-refractivity contribution in [3.63, 3.8) is 0 Å². The summed E-state index contributed by atoms with van der Waals surface area (Å²) in [6.07, 6.45) is 1.33. The summed E-state index contributed by atoms with van der Waals surface area (Å²) in [5.41, 5.74) is 1.14. The molecule has 2 amide bonds. The molecule has 0 radical (unpaired) electrons. The van der Waals surface area contributed by atoms with Crippen LogP contribution in [0.25, 0.3) is 0 Å². The molecule has 1 fully saturated rings. The molecule has 7 heteroatoms. The summed E-state index contributed by atoms with van der Waals surface area (Å²) < 4.78 is 11.0. The number of nitrogens with zero attached hydrogens (tertiary/aromatic N) is 1. The third-order valence-electron chi connectivity index (χ3n) is 4.52. The van der Waals surface area contributed by atoms with Gasteiger partial charge in [-0.15, -0.1) is 0 Å². The van der Waals surface area contributed by atoms with Crippen LogP contribution in [-0.2, 0) is 20.9 Å². The number of nitrogens with one attached hydrogen (secondary N) is 1. The minimum Gasteiger partial charge on any atom is -0.481 e. The van der Waals surface area contributed by atoms with Crippen molar-refractivity contribution in [3.8, 4) is 0 Å². The van der Waals surface area contributed by atoms with Crippen LogP contribution in [-0.4, -0.2) is 61.5 Å². The summed E-state index contributed by atoms with van der Waals surface area (Å²) in [5.74, 6) is -1.11. The van der Waals surface area contributed by atoms with Crippen molar-refractivity contribution in [1.29, 1.82) is 0 Å². The Bertz CT molecular complexity index is 581. The number of likely N-dealkylation sites (tertiary alicyclic amines) is 1. The standard InChI is InChI=1S/C20H30N2O5/c1-16-12-18(19(23)24)14-22(13-16)20(25)21-8-5-9-26-10-11-27-15-17-6-3-2-4-7-17/h2-4,6-7,16,18H,5,8-15H2,1H3,(H,21,25)(H,23,24). The molecule has 0 saturated carbocycles. The highest BCUT2D eigenvalue weighted by molar-refractivity contribution is 5.76. The summed E-state index contributed by atoms with van der Waals surface area (Å²) in [7, 11) is 0. The van der Waals surface area contributed by atoms with E-state index in [9.17, 15) is 9.59 Å². The van der Waals surface area contributed by atoms with Crippen LogP contribution in [0.5, 0.6) is 0 Å². The van der Waals surface area contributed by atoms with Crippen LogP contribution >= 0.6 is 0 Å². The molecule has 1 aliphatic rings. The molecule has 0 aromatic heterocycles. The van der Waals surface area contributed by atoms with Gasteiger partial charge in [0.05, 0.1) is 25.7 Å². The van der Waals surface area contributed by atoms with Crippen molar-refractivity contribution in [1.82, 2.24) is 10.2 Å². The molecule has 0 spiro atoms. The number of carbonyl (C=O) groups is 2. The number of hydrogen-bond acceptors (Lipinski definition) is 4. The second-order valence-electron chi connectivity index (χ2n) is 7.02. The van der Waals surface area contributed by atoms with Crippen LogP contribution < -0.4 is 5.32 Å². The summed E-state index contributed by atoms with van der Waals surface area (Å²) in [6, 6.07) is 9.78. The van der Waals surface area contributed by atoms with Crippen molar-refractivity contribution in [2.45, 2.75) is 26.4 Å². The first-order chi connectivity index (χ1) is 13.1. The SMILES string of the molecule is CC1CC(C(=O)O)CN(C(=O)NCCCOCCOCc2ccccc2)C1. The molecule has 1 aromatic carbocycles. The van der Waals surface area contributed by atoms with E-state index < -0.39 is 11.9 Å². The molecule has 2 N–H and O–H groups in total. The van der Waals surface area contributed by atoms with Gasteiger partial charge in [0.2, 0.25) is 0 Å². The Morgan fingerprint density at radius 1 is 1.15 bits per heavy atom. The maximum atomic E-state index is 12.2. The van der Waals surface area contributed by atoms with Gasteiger partial charge in [0.15, 0.2) is 0 Å². The molecule has 2 unspecified atom stereocenters. The number of carbonyl (C=O) groups excluding carboxylic acids is 1. The second kappa shape index (κ2) is 11.6. The predicted molar refractivity (Wildman–Crippen MR) is 101 cm³/mol. The van der Waals surface area contributed by atoms with E-state index in [1.54, 1.807) is 4.90 Å². The Hall–Kier alpha value is -2.12. The molecule has 0 aliphatic carbocycles. The third kappa shape index (κ3) is 7.97. The zero-order chi connectivity index (χ0) is 19.5. The van der Waals surface area contributed by atoms with Gasteiger partial charge in [-0.25, -0.2) is 4.79 Å². The van der Waals surface area contributed by atoms with Gasteiger partial charge < -0.3 is 24.8 Å². The predicted octanol–water partition coefficient (Wildman–Crippen LogP) is 2.36. The summed E-state index contributed by atoms with van der Waals surface area (Å²) in [6.45, 7) is 5.53. The number of hydrogen-bond donors (Lipinski definition) is 2. The first-order valence-electron chi connectivity index (χ1n) is 9.51. The van der Waals surface area contributed by atoms with Crippen molar-refractivity contribution in [3.05, 3.63) is 35.9 Å². The minimum atomic E-state index is -0.831. The van der Waals surface area contributed by atoms with Crippen LogP contribution in [0.1, 0.15) is 25.3 Å². The lowest BCUT2D eigenvalue weighted by Crippen LogP contribution is -2.49. The Balaban J connectivity index is 1.48. The molecule has 2 atom stereocenters. The molecular weight excluding hydrogens is 348 g/mol. The van der Waals surface area contributed by atoms with Crippen LogP contribution in [0.4, 0.5) is 4.79 Å². The number of rotatable bonds is 10. The van der Waals surface area contributed by atoms with Crippen molar-refractivity contribution < 1.29 is 24.2 Å². The molecule has 27 heavy (non-hydrogen) atoms. The normalized spacial score (nSPS) is 19.7. The van der Waals surface area contributed by atoms with E-state index in [2.05, 4.69) is 5.32 Å². The van der Waals surface area contributed by atoms with Gasteiger partial charge in [-0.1, -0.05) is 37.3 Å². The topological polar surface area (TPSA) is 88.1 Å². The average Bonchev–Trinajstić information content (AvgIpc) is 2.66. The highest BCUT2D eigenvalue weighted by Gasteiger charge is 2.31. The highest BCUT2D eigenvalue weighted by atomic mass is 16.5. The lowest BCUT2D eigenvalue weighted by atomic mass is 9.91. The molecule has 7 nitrogen and oxygen atoms in total. The zero-order valence-corrected chi connectivity index (χ0v) is 15.9. The second-order valence-corrected chi connectivity index (χ2v) is 7.02. The molecular formula is C20H30N2O5. The van der Waals surface area contributed by atoms with Crippen LogP contribution in [0.2, 0.25) is 0 Å². The van der Waals surface area contributed by atoms with Gasteiger partial charge in [0.1, 0.15) is 0 Å². The lowest BCUT2D eigenvalue weighted by Gasteiger charge is -2.34. The number of carboxylic acids is 1. The maximum Gasteiger partial charge on any atom is 0.317 e. The number of urea groups is 1. The summed E-state index contributed by atoms with van der Waals surface area (Å²) in [5, 5.41) is 12.0.